The minimum absolute atomic E-state index is 0.0304. The Morgan fingerprint density at radius 3 is 2.17 bits per heavy atom. The Morgan fingerprint density at radius 1 is 1.22 bits per heavy atom. The van der Waals surface area contributed by atoms with Crippen molar-refractivity contribution < 1.29 is 4.74 Å². The lowest BCUT2D eigenvalue weighted by atomic mass is 9.81. The predicted octanol–water partition coefficient (Wildman–Crippen LogP) is 4.36. The van der Waals surface area contributed by atoms with Crippen LogP contribution in [0.4, 0.5) is 0 Å². The van der Waals surface area contributed by atoms with Crippen molar-refractivity contribution in [1.82, 2.24) is 4.90 Å². The van der Waals surface area contributed by atoms with Crippen LogP contribution in [0.3, 0.4) is 0 Å². The Labute approximate surface area is 128 Å². The van der Waals surface area contributed by atoms with Gasteiger partial charge in [-0.25, -0.2) is 0 Å². The molecule has 0 heterocycles. The van der Waals surface area contributed by atoms with Crippen LogP contribution in [-0.4, -0.2) is 41.2 Å². The molecular formula is C15H32INO. The van der Waals surface area contributed by atoms with Gasteiger partial charge in [-0.1, -0.05) is 50.3 Å². The lowest BCUT2D eigenvalue weighted by Crippen LogP contribution is -2.41. The summed E-state index contributed by atoms with van der Waals surface area (Å²) in [6, 6.07) is 0. The molecule has 1 atom stereocenters. The lowest BCUT2D eigenvalue weighted by molar-refractivity contribution is -0.0200. The van der Waals surface area contributed by atoms with Crippen LogP contribution >= 0.6 is 22.6 Å². The van der Waals surface area contributed by atoms with Gasteiger partial charge in [0.15, 0.2) is 0 Å². The smallest absolute Gasteiger partial charge is 0.0628 e. The average Bonchev–Trinajstić information content (AvgIpc) is 2.14. The molecule has 1 unspecified atom stereocenters. The molecule has 18 heavy (non-hydrogen) atoms. The second kappa shape index (κ2) is 8.05. The lowest BCUT2D eigenvalue weighted by Gasteiger charge is -2.38. The van der Waals surface area contributed by atoms with E-state index in [0.29, 0.717) is 9.34 Å². The van der Waals surface area contributed by atoms with Gasteiger partial charge in [0.1, 0.15) is 0 Å². The molecule has 0 aromatic heterocycles. The molecule has 3 heteroatoms. The van der Waals surface area contributed by atoms with Crippen LogP contribution in [0.25, 0.3) is 0 Å². The summed E-state index contributed by atoms with van der Waals surface area (Å²) in [7, 11) is 1.81. The Balaban J connectivity index is 4.49. The van der Waals surface area contributed by atoms with Gasteiger partial charge in [0, 0.05) is 24.1 Å². The van der Waals surface area contributed by atoms with E-state index >= 15 is 0 Å². The Bertz CT molecular complexity index is 227. The molecule has 0 saturated heterocycles. The van der Waals surface area contributed by atoms with Gasteiger partial charge in [0.05, 0.1) is 5.60 Å². The van der Waals surface area contributed by atoms with E-state index < -0.39 is 0 Å². The van der Waals surface area contributed by atoms with Gasteiger partial charge in [0.25, 0.3) is 0 Å². The maximum absolute atomic E-state index is 5.58. The molecule has 0 aromatic rings. The maximum Gasteiger partial charge on any atom is 0.0628 e. The van der Waals surface area contributed by atoms with Crippen LogP contribution in [-0.2, 0) is 4.74 Å². The fourth-order valence-electron chi connectivity index (χ4n) is 2.79. The number of methoxy groups -OCH3 is 1. The first-order valence-electron chi connectivity index (χ1n) is 7.03. The van der Waals surface area contributed by atoms with E-state index in [9.17, 15) is 0 Å². The fraction of sp³-hybridized carbons (Fsp3) is 1.00. The summed E-state index contributed by atoms with van der Waals surface area (Å²) in [5, 5.41) is 0. The van der Waals surface area contributed by atoms with Crippen LogP contribution in [0, 0.1) is 5.41 Å². The number of hydrogen-bond acceptors (Lipinski definition) is 2. The molecular weight excluding hydrogens is 337 g/mol. The summed E-state index contributed by atoms with van der Waals surface area (Å²) < 4.78 is 6.28. The van der Waals surface area contributed by atoms with Crippen LogP contribution in [0.5, 0.6) is 0 Å². The van der Waals surface area contributed by atoms with Gasteiger partial charge in [-0.3, -0.25) is 0 Å². The summed E-state index contributed by atoms with van der Waals surface area (Å²) in [4.78, 5) is 2.60. The van der Waals surface area contributed by atoms with Crippen LogP contribution in [0.15, 0.2) is 0 Å². The second-order valence-corrected chi connectivity index (χ2v) is 8.95. The monoisotopic (exact) mass is 369 g/mol. The van der Waals surface area contributed by atoms with E-state index in [1.165, 1.54) is 19.5 Å². The molecule has 0 fully saturated rings. The van der Waals surface area contributed by atoms with Crippen molar-refractivity contribution >= 4 is 22.6 Å². The second-order valence-electron chi connectivity index (χ2n) is 6.82. The van der Waals surface area contributed by atoms with E-state index in [0.717, 1.165) is 13.0 Å². The molecule has 2 nitrogen and oxygen atoms in total. The summed E-state index contributed by atoms with van der Waals surface area (Å²) in [5.74, 6) is 0. The SMILES string of the molecule is CCCN(CC(C)I)CC(C)(C)CC(C)(C)OC. The van der Waals surface area contributed by atoms with Crippen LogP contribution in [0.2, 0.25) is 0 Å². The van der Waals surface area contributed by atoms with Gasteiger partial charge in [-0.15, -0.1) is 0 Å². The van der Waals surface area contributed by atoms with Gasteiger partial charge >= 0.3 is 0 Å². The van der Waals surface area contributed by atoms with E-state index in [1.807, 2.05) is 7.11 Å². The Morgan fingerprint density at radius 2 is 1.78 bits per heavy atom. The zero-order valence-electron chi connectivity index (χ0n) is 13.3. The highest BCUT2D eigenvalue weighted by Crippen LogP contribution is 2.31. The Kier molecular flexibility index (Phi) is 8.34. The zero-order chi connectivity index (χ0) is 14.4. The first-order chi connectivity index (χ1) is 8.12. The molecule has 0 aliphatic carbocycles. The highest BCUT2D eigenvalue weighted by Gasteiger charge is 2.30. The third-order valence-electron chi connectivity index (χ3n) is 3.16. The number of nitrogens with zero attached hydrogens (tertiary/aromatic N) is 1. The van der Waals surface area contributed by atoms with Crippen molar-refractivity contribution in [1.29, 1.82) is 0 Å². The number of ether oxygens (including phenoxy) is 1. The fourth-order valence-corrected chi connectivity index (χ4v) is 3.35. The number of rotatable bonds is 9. The molecule has 0 N–H and O–H groups in total. The summed E-state index contributed by atoms with van der Waals surface area (Å²) >= 11 is 2.52. The highest BCUT2D eigenvalue weighted by atomic mass is 127. The third kappa shape index (κ3) is 8.70. The van der Waals surface area contributed by atoms with E-state index in [2.05, 4.69) is 69.0 Å². The van der Waals surface area contributed by atoms with Gasteiger partial charge in [0.2, 0.25) is 0 Å². The van der Waals surface area contributed by atoms with Gasteiger partial charge in [-0.05, 0) is 38.6 Å². The molecule has 0 aliphatic rings. The third-order valence-corrected chi connectivity index (χ3v) is 3.55. The van der Waals surface area contributed by atoms with E-state index in [1.54, 1.807) is 0 Å². The summed E-state index contributed by atoms with van der Waals surface area (Å²) in [6.07, 6.45) is 2.32. The first kappa shape index (κ1) is 18.7. The minimum atomic E-state index is -0.0304. The normalized spacial score (nSPS) is 15.2. The minimum Gasteiger partial charge on any atom is -0.379 e. The molecule has 110 valence electrons. The number of alkyl halides is 1. The largest absolute Gasteiger partial charge is 0.379 e. The average molecular weight is 369 g/mol. The first-order valence-corrected chi connectivity index (χ1v) is 8.28. The van der Waals surface area contributed by atoms with E-state index in [4.69, 9.17) is 4.74 Å². The van der Waals surface area contributed by atoms with E-state index in [-0.39, 0.29) is 5.60 Å². The van der Waals surface area contributed by atoms with Gasteiger partial charge < -0.3 is 9.64 Å². The molecule has 0 saturated carbocycles. The summed E-state index contributed by atoms with van der Waals surface area (Å²) in [6.45, 7) is 17.2. The van der Waals surface area contributed by atoms with Crippen molar-refractivity contribution in [3.05, 3.63) is 0 Å². The highest BCUT2D eigenvalue weighted by molar-refractivity contribution is 14.1. The van der Waals surface area contributed by atoms with Crippen molar-refractivity contribution in [3.8, 4) is 0 Å². The van der Waals surface area contributed by atoms with Crippen LogP contribution < -0.4 is 0 Å². The standard InChI is InChI=1S/C15H32INO/c1-8-9-17(10-13(2)16)12-14(3,4)11-15(5,6)18-7/h13H,8-12H2,1-7H3. The topological polar surface area (TPSA) is 12.5 Å². The zero-order valence-corrected chi connectivity index (χ0v) is 15.5. The number of halogens is 1. The molecule has 0 bridgehead atoms. The van der Waals surface area contributed by atoms with Crippen LogP contribution in [0.1, 0.15) is 54.4 Å². The molecule has 0 aromatic carbocycles. The number of hydrogen-bond donors (Lipinski definition) is 0. The Hall–Kier alpha value is 0.650. The molecule has 0 rings (SSSR count). The molecule has 0 amide bonds. The van der Waals surface area contributed by atoms with Crippen molar-refractivity contribution in [3.63, 3.8) is 0 Å². The van der Waals surface area contributed by atoms with Crippen molar-refractivity contribution in [2.75, 3.05) is 26.7 Å². The van der Waals surface area contributed by atoms with Gasteiger partial charge in [-0.2, -0.15) is 0 Å². The maximum atomic E-state index is 5.58. The quantitative estimate of drug-likeness (QED) is 0.442. The van der Waals surface area contributed by atoms with Crippen molar-refractivity contribution in [2.45, 2.75) is 63.9 Å². The molecule has 0 aliphatic heterocycles. The van der Waals surface area contributed by atoms with Crippen molar-refractivity contribution in [2.24, 2.45) is 5.41 Å². The molecule has 0 spiro atoms. The summed E-state index contributed by atoms with van der Waals surface area (Å²) in [5.41, 5.74) is 0.261. The molecule has 0 radical (unpaired) electrons. The predicted molar refractivity (Wildman–Crippen MR) is 89.7 cm³/mol.